The summed E-state index contributed by atoms with van der Waals surface area (Å²) in [6.07, 6.45) is 1.54. The maximum atomic E-state index is 14.1. The first-order valence-electron chi connectivity index (χ1n) is 12.4. The molecule has 6 rings (SSSR count). The van der Waals surface area contributed by atoms with Crippen molar-refractivity contribution in [3.63, 3.8) is 0 Å². The summed E-state index contributed by atoms with van der Waals surface area (Å²) in [5.41, 5.74) is 0.0102. The first-order chi connectivity index (χ1) is 17.3. The Bertz CT molecular complexity index is 1480. The second-order valence-electron chi connectivity index (χ2n) is 10.5. The van der Waals surface area contributed by atoms with E-state index in [1.165, 1.54) is 4.90 Å². The number of ether oxygens (including phenoxy) is 1. The molecule has 2 bridgehead atoms. The normalized spacial score (nSPS) is 29.4. The van der Waals surface area contributed by atoms with E-state index in [0.717, 1.165) is 0 Å². The van der Waals surface area contributed by atoms with E-state index in [9.17, 15) is 19.6 Å². The molecule has 0 radical (unpaired) electrons. The summed E-state index contributed by atoms with van der Waals surface area (Å²) < 4.78 is 6.60. The number of amides is 2. The van der Waals surface area contributed by atoms with Gasteiger partial charge in [-0.2, -0.15) is 5.26 Å². The zero-order valence-electron chi connectivity index (χ0n) is 20.2. The number of hydrogen-bond acceptors (Lipinski definition) is 5. The number of ketones is 1. The molecule has 3 aliphatic heterocycles. The number of carbonyl (C=O) groups is 3. The Morgan fingerprint density at radius 1 is 1.00 bits per heavy atom. The van der Waals surface area contributed by atoms with Gasteiger partial charge < -0.3 is 4.74 Å². The molecule has 36 heavy (non-hydrogen) atoms. The summed E-state index contributed by atoms with van der Waals surface area (Å²) in [6.45, 7) is 3.89. The summed E-state index contributed by atoms with van der Waals surface area (Å²) in [4.78, 5) is 42.3. The first kappa shape index (κ1) is 22.6. The van der Waals surface area contributed by atoms with Crippen LogP contribution in [-0.4, -0.2) is 28.8 Å². The zero-order chi connectivity index (χ0) is 25.2. The van der Waals surface area contributed by atoms with Gasteiger partial charge in [0.05, 0.1) is 40.4 Å². The quantitative estimate of drug-likeness (QED) is 0.378. The van der Waals surface area contributed by atoms with Gasteiger partial charge in [0.25, 0.3) is 0 Å². The number of nitrogens with zero attached hydrogens (tertiary/aromatic N) is 2. The Balaban J connectivity index is 1.40. The highest BCUT2D eigenvalue weighted by atomic mass is 16.5. The molecule has 6 nitrogen and oxygen atoms in total. The Morgan fingerprint density at radius 2 is 1.67 bits per heavy atom. The van der Waals surface area contributed by atoms with Crippen LogP contribution in [0.15, 0.2) is 66.7 Å². The molecule has 3 heterocycles. The predicted molar refractivity (Wildman–Crippen MR) is 134 cm³/mol. The van der Waals surface area contributed by atoms with E-state index in [4.69, 9.17) is 4.74 Å². The molecule has 3 aromatic rings. The Hall–Kier alpha value is -3.82. The van der Waals surface area contributed by atoms with Gasteiger partial charge in [0.1, 0.15) is 0 Å². The molecule has 5 atom stereocenters. The minimum Gasteiger partial charge on any atom is -0.367 e. The number of imide groups is 1. The van der Waals surface area contributed by atoms with Gasteiger partial charge in [-0.1, -0.05) is 61.5 Å². The smallest absolute Gasteiger partial charge is 0.240 e. The third kappa shape index (κ3) is 2.96. The Morgan fingerprint density at radius 3 is 2.39 bits per heavy atom. The maximum absolute atomic E-state index is 14.1. The van der Waals surface area contributed by atoms with E-state index in [0.29, 0.717) is 40.4 Å². The number of carbonyl (C=O) groups excluding carboxylic acids is 3. The van der Waals surface area contributed by atoms with Crippen molar-refractivity contribution in [2.45, 2.75) is 44.3 Å². The fraction of sp³-hybridized carbons (Fsp3) is 0.333. The van der Waals surface area contributed by atoms with Crippen LogP contribution in [-0.2, 0) is 14.3 Å². The molecular weight excluding hydrogens is 452 g/mol. The fourth-order valence-corrected chi connectivity index (χ4v) is 6.85. The van der Waals surface area contributed by atoms with Crippen LogP contribution in [0.4, 0.5) is 5.69 Å². The minimum atomic E-state index is -0.867. The Labute approximate surface area is 209 Å². The van der Waals surface area contributed by atoms with E-state index < -0.39 is 23.0 Å². The van der Waals surface area contributed by atoms with E-state index in [2.05, 4.69) is 6.07 Å². The molecule has 0 N–H and O–H groups in total. The average molecular weight is 479 g/mol. The van der Waals surface area contributed by atoms with Crippen LogP contribution in [0.2, 0.25) is 0 Å². The predicted octanol–water partition coefficient (Wildman–Crippen LogP) is 5.05. The van der Waals surface area contributed by atoms with Crippen molar-refractivity contribution in [1.29, 1.82) is 5.26 Å². The number of benzene rings is 3. The lowest BCUT2D eigenvalue weighted by atomic mass is 9.63. The SMILES string of the molecule is CC(CC(=O)c1ccccc1)C12CCC(C)(O1)C1C(=O)N(c3ccc(C#N)c4ccccc34)C(=O)C12. The molecule has 3 fully saturated rings. The van der Waals surface area contributed by atoms with Crippen LogP contribution in [0, 0.1) is 29.1 Å². The molecule has 180 valence electrons. The number of rotatable bonds is 5. The topological polar surface area (TPSA) is 87.5 Å². The molecular formula is C30H26N2O4. The van der Waals surface area contributed by atoms with Crippen LogP contribution in [0.1, 0.15) is 49.0 Å². The molecule has 2 amide bonds. The van der Waals surface area contributed by atoms with E-state index in [1.807, 2.05) is 56.3 Å². The van der Waals surface area contributed by atoms with Crippen molar-refractivity contribution in [2.75, 3.05) is 4.90 Å². The molecule has 3 aliphatic rings. The third-order valence-electron chi connectivity index (χ3n) is 8.61. The van der Waals surface area contributed by atoms with Gasteiger partial charge in [0.15, 0.2) is 5.78 Å². The average Bonchev–Trinajstić information content (AvgIpc) is 3.49. The number of anilines is 1. The number of fused-ring (bicyclic) bond motifs is 6. The van der Waals surface area contributed by atoms with Crippen molar-refractivity contribution in [1.82, 2.24) is 0 Å². The van der Waals surface area contributed by atoms with Crippen LogP contribution in [0.5, 0.6) is 0 Å². The van der Waals surface area contributed by atoms with Crippen molar-refractivity contribution < 1.29 is 19.1 Å². The largest absolute Gasteiger partial charge is 0.367 e. The van der Waals surface area contributed by atoms with Crippen molar-refractivity contribution >= 4 is 34.1 Å². The van der Waals surface area contributed by atoms with E-state index in [-0.39, 0.29) is 29.9 Å². The summed E-state index contributed by atoms with van der Waals surface area (Å²) >= 11 is 0. The monoisotopic (exact) mass is 478 g/mol. The molecule has 3 saturated heterocycles. The van der Waals surface area contributed by atoms with Crippen LogP contribution in [0.25, 0.3) is 10.8 Å². The van der Waals surface area contributed by atoms with Gasteiger partial charge in [-0.25, -0.2) is 4.90 Å². The highest BCUT2D eigenvalue weighted by Crippen LogP contribution is 2.64. The standard InChI is InChI=1S/C30H26N2O4/c1-18(16-24(33)19-8-4-3-5-9-19)30-15-14-29(2,36-30)25-26(30)28(35)32(27(25)34)23-13-12-20(17-31)21-10-6-7-11-22(21)23/h3-13,18,25-26H,14-16H2,1-2H3. The summed E-state index contributed by atoms with van der Waals surface area (Å²) in [6, 6.07) is 22.0. The number of nitriles is 1. The summed E-state index contributed by atoms with van der Waals surface area (Å²) in [5.74, 6) is -2.01. The lowest BCUT2D eigenvalue weighted by molar-refractivity contribution is -0.134. The van der Waals surface area contributed by atoms with Gasteiger partial charge in [-0.3, -0.25) is 14.4 Å². The molecule has 3 aromatic carbocycles. The Kier molecular flexibility index (Phi) is 4.93. The van der Waals surface area contributed by atoms with Gasteiger partial charge in [-0.15, -0.1) is 0 Å². The van der Waals surface area contributed by atoms with Gasteiger partial charge in [0, 0.05) is 22.8 Å². The van der Waals surface area contributed by atoms with Crippen LogP contribution < -0.4 is 4.90 Å². The van der Waals surface area contributed by atoms with Gasteiger partial charge in [-0.05, 0) is 37.8 Å². The molecule has 0 saturated carbocycles. The molecule has 0 aliphatic carbocycles. The molecule has 5 unspecified atom stereocenters. The molecule has 0 spiro atoms. The second kappa shape index (κ2) is 7.84. The third-order valence-corrected chi connectivity index (χ3v) is 8.61. The van der Waals surface area contributed by atoms with Crippen LogP contribution >= 0.6 is 0 Å². The highest BCUT2D eigenvalue weighted by molar-refractivity contribution is 6.26. The maximum Gasteiger partial charge on any atom is 0.240 e. The highest BCUT2D eigenvalue weighted by Gasteiger charge is 2.75. The summed E-state index contributed by atoms with van der Waals surface area (Å²) in [5, 5.41) is 10.9. The molecule has 0 aromatic heterocycles. The lowest BCUT2D eigenvalue weighted by Gasteiger charge is -2.36. The van der Waals surface area contributed by atoms with Crippen molar-refractivity contribution in [3.8, 4) is 6.07 Å². The summed E-state index contributed by atoms with van der Waals surface area (Å²) in [7, 11) is 0. The minimum absolute atomic E-state index is 0.00448. The first-order valence-corrected chi connectivity index (χ1v) is 12.4. The second-order valence-corrected chi connectivity index (χ2v) is 10.5. The number of hydrogen-bond donors (Lipinski definition) is 0. The van der Waals surface area contributed by atoms with Crippen LogP contribution in [0.3, 0.4) is 0 Å². The van der Waals surface area contributed by atoms with Gasteiger partial charge >= 0.3 is 0 Å². The van der Waals surface area contributed by atoms with E-state index in [1.54, 1.807) is 24.3 Å². The van der Waals surface area contributed by atoms with Crippen molar-refractivity contribution in [2.24, 2.45) is 17.8 Å². The van der Waals surface area contributed by atoms with E-state index >= 15 is 0 Å². The zero-order valence-corrected chi connectivity index (χ0v) is 20.2. The van der Waals surface area contributed by atoms with Gasteiger partial charge in [0.2, 0.25) is 11.8 Å². The van der Waals surface area contributed by atoms with Crippen molar-refractivity contribution in [3.05, 3.63) is 77.9 Å². The lowest BCUT2D eigenvalue weighted by Crippen LogP contribution is -2.47. The number of Topliss-reactive ketones (excluding diaryl/α,β-unsaturated/α-hetero) is 1. The fourth-order valence-electron chi connectivity index (χ4n) is 6.85. The molecule has 6 heteroatoms.